The molecule has 0 atom stereocenters. The highest BCUT2D eigenvalue weighted by Gasteiger charge is 2.15. The number of rotatable bonds is 5. The van der Waals surface area contributed by atoms with Gasteiger partial charge in [0.25, 0.3) is 5.91 Å². The fourth-order valence-corrected chi connectivity index (χ4v) is 2.09. The van der Waals surface area contributed by atoms with Gasteiger partial charge in [-0.2, -0.15) is 0 Å². The van der Waals surface area contributed by atoms with Gasteiger partial charge in [0.15, 0.2) is 0 Å². The van der Waals surface area contributed by atoms with Gasteiger partial charge < -0.3 is 10.6 Å². The molecular formula is C17H20N2O. The Bertz CT molecular complexity index is 549. The van der Waals surface area contributed by atoms with E-state index in [1.165, 1.54) is 0 Å². The molecule has 3 heteroatoms. The molecule has 0 aliphatic heterocycles. The Morgan fingerprint density at radius 2 is 1.70 bits per heavy atom. The summed E-state index contributed by atoms with van der Waals surface area (Å²) >= 11 is 0. The van der Waals surface area contributed by atoms with Gasteiger partial charge in [-0.25, -0.2) is 0 Å². The Labute approximate surface area is 120 Å². The molecule has 104 valence electrons. The van der Waals surface area contributed by atoms with Crippen LogP contribution in [-0.4, -0.2) is 23.9 Å². The number of hydrogen-bond acceptors (Lipinski definition) is 2. The molecule has 2 aromatic rings. The van der Waals surface area contributed by atoms with Crippen LogP contribution in [-0.2, 0) is 6.54 Å². The zero-order valence-electron chi connectivity index (χ0n) is 11.8. The third kappa shape index (κ3) is 3.68. The summed E-state index contributed by atoms with van der Waals surface area (Å²) in [4.78, 5) is 14.3. The van der Waals surface area contributed by atoms with Crippen LogP contribution in [0.3, 0.4) is 0 Å². The van der Waals surface area contributed by atoms with E-state index in [0.29, 0.717) is 25.2 Å². The summed E-state index contributed by atoms with van der Waals surface area (Å²) in [5.74, 6) is 0.0271. The highest BCUT2D eigenvalue weighted by atomic mass is 16.2. The molecule has 0 spiro atoms. The van der Waals surface area contributed by atoms with Crippen molar-refractivity contribution in [3.63, 3.8) is 0 Å². The fraction of sp³-hybridized carbons (Fsp3) is 0.235. The average Bonchev–Trinajstić information content (AvgIpc) is 2.48. The SMILES string of the molecule is Cc1ccc(C(=O)N(CCN)Cc2ccccc2)cc1. The van der Waals surface area contributed by atoms with Gasteiger partial charge in [0.05, 0.1) is 0 Å². The average molecular weight is 268 g/mol. The van der Waals surface area contributed by atoms with Crippen LogP contribution in [0.1, 0.15) is 21.5 Å². The van der Waals surface area contributed by atoms with Gasteiger partial charge in [0.2, 0.25) is 0 Å². The molecule has 0 radical (unpaired) electrons. The first-order valence-electron chi connectivity index (χ1n) is 6.80. The van der Waals surface area contributed by atoms with Crippen LogP contribution in [0.4, 0.5) is 0 Å². The van der Waals surface area contributed by atoms with E-state index in [0.717, 1.165) is 11.1 Å². The van der Waals surface area contributed by atoms with Crippen LogP contribution in [0.5, 0.6) is 0 Å². The van der Waals surface area contributed by atoms with Crippen molar-refractivity contribution in [3.8, 4) is 0 Å². The van der Waals surface area contributed by atoms with Crippen LogP contribution < -0.4 is 5.73 Å². The summed E-state index contributed by atoms with van der Waals surface area (Å²) in [6, 6.07) is 17.6. The number of nitrogens with zero attached hydrogens (tertiary/aromatic N) is 1. The van der Waals surface area contributed by atoms with Gasteiger partial charge in [-0.1, -0.05) is 48.0 Å². The van der Waals surface area contributed by atoms with Crippen molar-refractivity contribution in [2.45, 2.75) is 13.5 Å². The van der Waals surface area contributed by atoms with Crippen LogP contribution in [0, 0.1) is 6.92 Å². The highest BCUT2D eigenvalue weighted by Crippen LogP contribution is 2.10. The number of carbonyl (C=O) groups excluding carboxylic acids is 1. The molecule has 0 saturated carbocycles. The van der Waals surface area contributed by atoms with E-state index < -0.39 is 0 Å². The minimum absolute atomic E-state index is 0.0271. The second-order valence-electron chi connectivity index (χ2n) is 4.87. The van der Waals surface area contributed by atoms with Gasteiger partial charge in [-0.3, -0.25) is 4.79 Å². The second kappa shape index (κ2) is 6.87. The van der Waals surface area contributed by atoms with Gasteiger partial charge in [0, 0.05) is 25.2 Å². The van der Waals surface area contributed by atoms with Gasteiger partial charge in [-0.15, -0.1) is 0 Å². The summed E-state index contributed by atoms with van der Waals surface area (Å²) in [5.41, 5.74) is 8.60. The first kappa shape index (κ1) is 14.3. The first-order chi connectivity index (χ1) is 9.70. The molecule has 2 rings (SSSR count). The molecule has 0 aliphatic rings. The molecule has 0 fully saturated rings. The highest BCUT2D eigenvalue weighted by molar-refractivity contribution is 5.94. The smallest absolute Gasteiger partial charge is 0.254 e. The molecule has 2 N–H and O–H groups in total. The maximum Gasteiger partial charge on any atom is 0.254 e. The minimum Gasteiger partial charge on any atom is -0.333 e. The van der Waals surface area contributed by atoms with E-state index in [2.05, 4.69) is 0 Å². The van der Waals surface area contributed by atoms with E-state index in [1.54, 1.807) is 4.90 Å². The zero-order valence-corrected chi connectivity index (χ0v) is 11.8. The third-order valence-corrected chi connectivity index (χ3v) is 3.20. The molecule has 0 aromatic heterocycles. The van der Waals surface area contributed by atoms with Gasteiger partial charge in [0.1, 0.15) is 0 Å². The summed E-state index contributed by atoms with van der Waals surface area (Å²) in [6.45, 7) is 3.62. The molecule has 1 amide bonds. The predicted octanol–water partition coefficient (Wildman–Crippen LogP) is 2.60. The number of hydrogen-bond donors (Lipinski definition) is 1. The fourth-order valence-electron chi connectivity index (χ4n) is 2.09. The van der Waals surface area contributed by atoms with Crippen molar-refractivity contribution in [1.29, 1.82) is 0 Å². The van der Waals surface area contributed by atoms with Crippen LogP contribution >= 0.6 is 0 Å². The number of benzene rings is 2. The van der Waals surface area contributed by atoms with Crippen LogP contribution in [0.2, 0.25) is 0 Å². The molecule has 0 heterocycles. The number of carbonyl (C=O) groups is 1. The number of aryl methyl sites for hydroxylation is 1. The molecule has 0 unspecified atom stereocenters. The van der Waals surface area contributed by atoms with Crippen LogP contribution in [0.25, 0.3) is 0 Å². The van der Waals surface area contributed by atoms with E-state index in [4.69, 9.17) is 5.73 Å². The van der Waals surface area contributed by atoms with Crippen molar-refractivity contribution < 1.29 is 4.79 Å². The van der Waals surface area contributed by atoms with Crippen LogP contribution in [0.15, 0.2) is 54.6 Å². The molecular weight excluding hydrogens is 248 g/mol. The van der Waals surface area contributed by atoms with Crippen molar-refractivity contribution in [3.05, 3.63) is 71.3 Å². The summed E-state index contributed by atoms with van der Waals surface area (Å²) in [7, 11) is 0. The Morgan fingerprint density at radius 3 is 2.30 bits per heavy atom. The predicted molar refractivity (Wildman–Crippen MR) is 81.4 cm³/mol. The molecule has 0 bridgehead atoms. The first-order valence-corrected chi connectivity index (χ1v) is 6.80. The largest absolute Gasteiger partial charge is 0.333 e. The lowest BCUT2D eigenvalue weighted by molar-refractivity contribution is 0.0748. The van der Waals surface area contributed by atoms with E-state index >= 15 is 0 Å². The maximum atomic E-state index is 12.5. The van der Waals surface area contributed by atoms with E-state index in [1.807, 2.05) is 61.5 Å². The number of nitrogens with two attached hydrogens (primary N) is 1. The standard InChI is InChI=1S/C17H20N2O/c1-14-7-9-16(10-8-14)17(20)19(12-11-18)13-15-5-3-2-4-6-15/h2-10H,11-13,18H2,1H3. The summed E-state index contributed by atoms with van der Waals surface area (Å²) < 4.78 is 0. The van der Waals surface area contributed by atoms with E-state index in [9.17, 15) is 4.79 Å². The Kier molecular flexibility index (Phi) is 4.91. The zero-order chi connectivity index (χ0) is 14.4. The lowest BCUT2D eigenvalue weighted by Crippen LogP contribution is -2.34. The minimum atomic E-state index is 0.0271. The van der Waals surface area contributed by atoms with E-state index in [-0.39, 0.29) is 5.91 Å². The molecule has 3 nitrogen and oxygen atoms in total. The maximum absolute atomic E-state index is 12.5. The number of amides is 1. The van der Waals surface area contributed by atoms with Crippen molar-refractivity contribution in [2.75, 3.05) is 13.1 Å². The molecule has 0 aliphatic carbocycles. The molecule has 0 saturated heterocycles. The molecule has 2 aromatic carbocycles. The summed E-state index contributed by atoms with van der Waals surface area (Å²) in [6.07, 6.45) is 0. The second-order valence-corrected chi connectivity index (χ2v) is 4.87. The monoisotopic (exact) mass is 268 g/mol. The topological polar surface area (TPSA) is 46.3 Å². The molecule has 20 heavy (non-hydrogen) atoms. The van der Waals surface area contributed by atoms with Crippen molar-refractivity contribution in [2.24, 2.45) is 5.73 Å². The third-order valence-electron chi connectivity index (χ3n) is 3.20. The van der Waals surface area contributed by atoms with Crippen molar-refractivity contribution in [1.82, 2.24) is 4.90 Å². The Morgan fingerprint density at radius 1 is 1.05 bits per heavy atom. The van der Waals surface area contributed by atoms with Gasteiger partial charge >= 0.3 is 0 Å². The van der Waals surface area contributed by atoms with Crippen molar-refractivity contribution >= 4 is 5.91 Å². The lowest BCUT2D eigenvalue weighted by Gasteiger charge is -2.22. The Hall–Kier alpha value is -2.13. The Balaban J connectivity index is 2.15. The quantitative estimate of drug-likeness (QED) is 0.906. The summed E-state index contributed by atoms with van der Waals surface area (Å²) in [5, 5.41) is 0. The van der Waals surface area contributed by atoms with Gasteiger partial charge in [-0.05, 0) is 24.6 Å². The lowest BCUT2D eigenvalue weighted by atomic mass is 10.1. The normalized spacial score (nSPS) is 10.3.